The number of sulfonamides is 1. The minimum atomic E-state index is -3.97. The second-order valence-corrected chi connectivity index (χ2v) is 8.25. The number of rotatable bonds is 3. The standard InChI is InChI=1S/C22H19FN2O2S.ClH/c23-20-10-12-21(13-11-20)28(26,27)24-22(18-7-2-1-3-8-18)25-15-14-17-6-4-5-9-19(17)16-25;/h1-13H,14-16H2;1H/b24-22-;. The van der Waals surface area contributed by atoms with E-state index in [0.717, 1.165) is 29.7 Å². The molecule has 1 heterocycles. The molecule has 0 amide bonds. The number of nitrogens with zero attached hydrogens (tertiary/aromatic N) is 2. The smallest absolute Gasteiger partial charge is 0.284 e. The Morgan fingerprint density at radius 2 is 1.48 bits per heavy atom. The van der Waals surface area contributed by atoms with Gasteiger partial charge in [-0.2, -0.15) is 8.42 Å². The van der Waals surface area contributed by atoms with Gasteiger partial charge in [0.15, 0.2) is 0 Å². The molecule has 3 aromatic carbocycles. The van der Waals surface area contributed by atoms with Crippen LogP contribution in [0.1, 0.15) is 16.7 Å². The monoisotopic (exact) mass is 430 g/mol. The number of hydrogen-bond donors (Lipinski definition) is 0. The van der Waals surface area contributed by atoms with Gasteiger partial charge in [0.25, 0.3) is 10.0 Å². The van der Waals surface area contributed by atoms with Crippen LogP contribution in [0.2, 0.25) is 0 Å². The average molecular weight is 431 g/mol. The number of amidine groups is 1. The number of hydrogen-bond acceptors (Lipinski definition) is 2. The summed E-state index contributed by atoms with van der Waals surface area (Å²) in [6.45, 7) is 1.26. The van der Waals surface area contributed by atoms with Crippen molar-refractivity contribution in [2.75, 3.05) is 6.54 Å². The van der Waals surface area contributed by atoms with Gasteiger partial charge in [0.05, 0.1) is 4.90 Å². The summed E-state index contributed by atoms with van der Waals surface area (Å²) in [4.78, 5) is 1.96. The maximum atomic E-state index is 13.2. The van der Waals surface area contributed by atoms with Crippen molar-refractivity contribution in [3.63, 3.8) is 0 Å². The molecular formula is C22H20ClFN2O2S. The summed E-state index contributed by atoms with van der Waals surface area (Å²) < 4.78 is 43.1. The van der Waals surface area contributed by atoms with Gasteiger partial charge in [-0.15, -0.1) is 16.8 Å². The van der Waals surface area contributed by atoms with E-state index < -0.39 is 15.8 Å². The summed E-state index contributed by atoms with van der Waals surface area (Å²) in [6, 6.07) is 22.2. The van der Waals surface area contributed by atoms with E-state index in [1.54, 1.807) is 0 Å². The van der Waals surface area contributed by atoms with Crippen LogP contribution in [-0.4, -0.2) is 25.7 Å². The Labute approximate surface area is 176 Å². The first-order chi connectivity index (χ1) is 13.5. The Morgan fingerprint density at radius 1 is 0.862 bits per heavy atom. The number of halogens is 2. The molecule has 3 aromatic rings. The first kappa shape index (κ1) is 21.0. The Morgan fingerprint density at radius 3 is 2.17 bits per heavy atom. The normalized spacial score (nSPS) is 14.1. The van der Waals surface area contributed by atoms with E-state index in [-0.39, 0.29) is 17.3 Å². The average Bonchev–Trinajstić information content (AvgIpc) is 2.73. The topological polar surface area (TPSA) is 49.7 Å². The van der Waals surface area contributed by atoms with Crippen LogP contribution in [0.15, 0.2) is 88.2 Å². The van der Waals surface area contributed by atoms with Crippen molar-refractivity contribution >= 4 is 28.3 Å². The lowest BCUT2D eigenvalue weighted by Gasteiger charge is -2.31. The maximum Gasteiger partial charge on any atom is 0.284 e. The summed E-state index contributed by atoms with van der Waals surface area (Å²) in [6.07, 6.45) is 0.818. The molecule has 0 saturated carbocycles. The fourth-order valence-electron chi connectivity index (χ4n) is 3.33. The van der Waals surface area contributed by atoms with Crippen LogP contribution in [-0.2, 0) is 23.0 Å². The van der Waals surface area contributed by atoms with E-state index in [0.29, 0.717) is 18.9 Å². The second kappa shape index (κ2) is 8.76. The molecule has 0 unspecified atom stereocenters. The summed E-state index contributed by atoms with van der Waals surface area (Å²) in [5.41, 5.74) is 3.16. The van der Waals surface area contributed by atoms with E-state index in [9.17, 15) is 12.8 Å². The molecule has 0 spiro atoms. The SMILES string of the molecule is Cl.O=S(=O)(/N=C(/c1ccccc1)N1CCc2ccccc2C1)c1ccc(F)cc1. The summed E-state index contributed by atoms with van der Waals surface area (Å²) in [5, 5.41) is 0. The third-order valence-electron chi connectivity index (χ3n) is 4.78. The van der Waals surface area contributed by atoms with Crippen molar-refractivity contribution in [1.82, 2.24) is 4.90 Å². The predicted molar refractivity (Wildman–Crippen MR) is 114 cm³/mol. The third kappa shape index (κ3) is 4.66. The summed E-state index contributed by atoms with van der Waals surface area (Å²) >= 11 is 0. The second-order valence-electron chi connectivity index (χ2n) is 6.65. The van der Waals surface area contributed by atoms with E-state index in [4.69, 9.17) is 0 Å². The zero-order valence-corrected chi connectivity index (χ0v) is 17.2. The minimum absolute atomic E-state index is 0. The molecular weight excluding hydrogens is 411 g/mol. The molecule has 0 fully saturated rings. The van der Waals surface area contributed by atoms with Gasteiger partial charge in [0, 0.05) is 18.7 Å². The lowest BCUT2D eigenvalue weighted by molar-refractivity contribution is 0.395. The van der Waals surface area contributed by atoms with Crippen LogP contribution in [0.3, 0.4) is 0 Å². The summed E-state index contributed by atoms with van der Waals surface area (Å²) in [5.74, 6) is -0.0849. The molecule has 4 nitrogen and oxygen atoms in total. The van der Waals surface area contributed by atoms with Crippen LogP contribution in [0.4, 0.5) is 4.39 Å². The van der Waals surface area contributed by atoms with Crippen molar-refractivity contribution in [3.8, 4) is 0 Å². The predicted octanol–water partition coefficient (Wildman–Crippen LogP) is 4.44. The molecule has 0 N–H and O–H groups in total. The largest absolute Gasteiger partial charge is 0.351 e. The molecule has 0 atom stereocenters. The Kier molecular flexibility index (Phi) is 6.35. The Hall–Kier alpha value is -2.70. The number of fused-ring (bicyclic) bond motifs is 1. The fourth-order valence-corrected chi connectivity index (χ4v) is 4.36. The van der Waals surface area contributed by atoms with E-state index in [2.05, 4.69) is 16.5 Å². The van der Waals surface area contributed by atoms with Gasteiger partial charge in [-0.05, 0) is 41.8 Å². The molecule has 0 bridgehead atoms. The first-order valence-electron chi connectivity index (χ1n) is 9.01. The van der Waals surface area contributed by atoms with Gasteiger partial charge >= 0.3 is 0 Å². The molecule has 29 heavy (non-hydrogen) atoms. The molecule has 0 radical (unpaired) electrons. The van der Waals surface area contributed by atoms with Crippen LogP contribution in [0.25, 0.3) is 0 Å². The Balaban J connectivity index is 0.00000240. The molecule has 0 saturated heterocycles. The molecule has 1 aliphatic heterocycles. The third-order valence-corrected chi connectivity index (χ3v) is 6.06. The van der Waals surface area contributed by atoms with Crippen LogP contribution in [0, 0.1) is 5.82 Å². The van der Waals surface area contributed by atoms with E-state index in [1.165, 1.54) is 17.7 Å². The zero-order valence-electron chi connectivity index (χ0n) is 15.5. The highest BCUT2D eigenvalue weighted by molar-refractivity contribution is 7.90. The first-order valence-corrected chi connectivity index (χ1v) is 10.4. The van der Waals surface area contributed by atoms with Crippen LogP contribution >= 0.6 is 12.4 Å². The van der Waals surface area contributed by atoms with Crippen molar-refractivity contribution in [2.45, 2.75) is 17.9 Å². The van der Waals surface area contributed by atoms with Gasteiger partial charge in [-0.3, -0.25) is 0 Å². The minimum Gasteiger partial charge on any atom is -0.351 e. The van der Waals surface area contributed by atoms with Crippen molar-refractivity contribution in [1.29, 1.82) is 0 Å². The van der Waals surface area contributed by atoms with Gasteiger partial charge in [0.1, 0.15) is 11.7 Å². The molecule has 4 rings (SSSR count). The van der Waals surface area contributed by atoms with Crippen molar-refractivity contribution in [3.05, 3.63) is 101 Å². The molecule has 7 heteroatoms. The van der Waals surface area contributed by atoms with Crippen LogP contribution in [0.5, 0.6) is 0 Å². The number of benzene rings is 3. The highest BCUT2D eigenvalue weighted by Gasteiger charge is 2.23. The van der Waals surface area contributed by atoms with E-state index in [1.807, 2.05) is 47.4 Å². The van der Waals surface area contributed by atoms with Gasteiger partial charge in [-0.1, -0.05) is 54.6 Å². The van der Waals surface area contributed by atoms with Crippen molar-refractivity contribution < 1.29 is 12.8 Å². The fraction of sp³-hybridized carbons (Fsp3) is 0.136. The van der Waals surface area contributed by atoms with Gasteiger partial charge in [0.2, 0.25) is 0 Å². The Bertz CT molecular complexity index is 1120. The van der Waals surface area contributed by atoms with E-state index >= 15 is 0 Å². The zero-order chi connectivity index (χ0) is 19.6. The lowest BCUT2D eigenvalue weighted by Crippen LogP contribution is -2.37. The van der Waals surface area contributed by atoms with Gasteiger partial charge < -0.3 is 4.90 Å². The maximum absolute atomic E-state index is 13.2. The van der Waals surface area contributed by atoms with Crippen molar-refractivity contribution in [2.24, 2.45) is 4.40 Å². The highest BCUT2D eigenvalue weighted by Crippen LogP contribution is 2.23. The summed E-state index contributed by atoms with van der Waals surface area (Å²) in [7, 11) is -3.97. The molecule has 150 valence electrons. The van der Waals surface area contributed by atoms with Crippen LogP contribution < -0.4 is 0 Å². The quantitative estimate of drug-likeness (QED) is 0.456. The molecule has 0 aliphatic carbocycles. The lowest BCUT2D eigenvalue weighted by atomic mass is 9.99. The molecule has 0 aromatic heterocycles. The highest BCUT2D eigenvalue weighted by atomic mass is 35.5. The molecule has 1 aliphatic rings. The van der Waals surface area contributed by atoms with Gasteiger partial charge in [-0.25, -0.2) is 4.39 Å².